The summed E-state index contributed by atoms with van der Waals surface area (Å²) in [5.74, 6) is 0.377. The quantitative estimate of drug-likeness (QED) is 0.591. The van der Waals surface area contributed by atoms with Crippen LogP contribution in [0.25, 0.3) is 11.1 Å². The van der Waals surface area contributed by atoms with Crippen molar-refractivity contribution < 1.29 is 4.79 Å². The molecule has 126 valence electrons. The highest BCUT2D eigenvalue weighted by molar-refractivity contribution is 6.09. The van der Waals surface area contributed by atoms with Crippen LogP contribution >= 0.6 is 0 Å². The summed E-state index contributed by atoms with van der Waals surface area (Å²) in [5.41, 5.74) is 7.52. The second-order valence-electron chi connectivity index (χ2n) is 7.33. The molecule has 1 nitrogen and oxygen atoms in total. The number of hydrogen-bond acceptors (Lipinski definition) is 1. The fourth-order valence-electron chi connectivity index (χ4n) is 4.87. The second kappa shape index (κ2) is 5.81. The summed E-state index contributed by atoms with van der Waals surface area (Å²) in [7, 11) is 0. The molecule has 0 bridgehead atoms. The summed E-state index contributed by atoms with van der Waals surface area (Å²) in [5, 5.41) is 0. The topological polar surface area (TPSA) is 17.1 Å². The Morgan fingerprint density at radius 3 is 1.96 bits per heavy atom. The maximum atomic E-state index is 12.4. The van der Waals surface area contributed by atoms with Crippen molar-refractivity contribution in [1.29, 1.82) is 0 Å². The van der Waals surface area contributed by atoms with E-state index in [2.05, 4.69) is 84.9 Å². The zero-order valence-electron chi connectivity index (χ0n) is 14.6. The first-order valence-corrected chi connectivity index (χ1v) is 9.27. The van der Waals surface area contributed by atoms with Gasteiger partial charge in [0.05, 0.1) is 0 Å². The maximum Gasteiger partial charge on any atom is 0.134 e. The van der Waals surface area contributed by atoms with Gasteiger partial charge in [-0.2, -0.15) is 0 Å². The molecule has 0 radical (unpaired) electrons. The van der Waals surface area contributed by atoms with E-state index in [1.807, 2.05) is 0 Å². The maximum absolute atomic E-state index is 12.4. The van der Waals surface area contributed by atoms with Crippen molar-refractivity contribution in [3.8, 4) is 0 Å². The van der Waals surface area contributed by atoms with E-state index in [0.717, 1.165) is 6.42 Å². The average Bonchev–Trinajstić information content (AvgIpc) is 3.22. The van der Waals surface area contributed by atoms with E-state index in [9.17, 15) is 4.79 Å². The smallest absolute Gasteiger partial charge is 0.134 e. The Morgan fingerprint density at radius 2 is 1.31 bits per heavy atom. The summed E-state index contributed by atoms with van der Waals surface area (Å²) in [6, 6.07) is 29.9. The van der Waals surface area contributed by atoms with Gasteiger partial charge in [-0.05, 0) is 39.8 Å². The molecule has 1 saturated carbocycles. The molecule has 26 heavy (non-hydrogen) atoms. The zero-order chi connectivity index (χ0) is 17.6. The highest BCUT2D eigenvalue weighted by Gasteiger charge is 2.49. The minimum absolute atomic E-state index is 0.180. The van der Waals surface area contributed by atoms with Gasteiger partial charge in [-0.3, -0.25) is 4.79 Å². The normalized spacial score (nSPS) is 21.5. The Labute approximate surface area is 154 Å². The van der Waals surface area contributed by atoms with E-state index in [4.69, 9.17) is 0 Å². The molecule has 1 spiro atoms. The fourth-order valence-corrected chi connectivity index (χ4v) is 4.87. The molecule has 0 heterocycles. The fraction of sp³-hybridized carbons (Fsp3) is 0.160. The number of carbonyl (C=O) groups excluding carboxylic acids is 1. The number of allylic oxidation sites excluding steroid dienone is 1. The van der Waals surface area contributed by atoms with Crippen molar-refractivity contribution in [2.24, 2.45) is 0 Å². The van der Waals surface area contributed by atoms with Gasteiger partial charge in [0.1, 0.15) is 5.78 Å². The molecule has 3 aromatic carbocycles. The first-order valence-electron chi connectivity index (χ1n) is 9.27. The van der Waals surface area contributed by atoms with Crippen molar-refractivity contribution in [2.75, 3.05) is 0 Å². The minimum atomic E-state index is -0.180. The third kappa shape index (κ3) is 2.13. The van der Waals surface area contributed by atoms with Crippen LogP contribution in [0.15, 0.2) is 84.9 Å². The third-order valence-electron chi connectivity index (χ3n) is 5.90. The zero-order valence-corrected chi connectivity index (χ0v) is 14.6. The van der Waals surface area contributed by atoms with Crippen molar-refractivity contribution in [1.82, 2.24) is 0 Å². The van der Waals surface area contributed by atoms with Gasteiger partial charge in [0, 0.05) is 18.3 Å². The van der Waals surface area contributed by atoms with E-state index in [1.165, 1.54) is 33.4 Å². The predicted molar refractivity (Wildman–Crippen MR) is 106 cm³/mol. The van der Waals surface area contributed by atoms with Crippen LogP contribution in [-0.4, -0.2) is 5.78 Å². The van der Waals surface area contributed by atoms with Crippen LogP contribution in [0.4, 0.5) is 0 Å². The van der Waals surface area contributed by atoms with Gasteiger partial charge < -0.3 is 0 Å². The van der Waals surface area contributed by atoms with Gasteiger partial charge in [0.15, 0.2) is 0 Å². The average molecular weight is 336 g/mol. The molecular formula is C25H20O. The summed E-state index contributed by atoms with van der Waals surface area (Å²) in [6.07, 6.45) is 2.20. The van der Waals surface area contributed by atoms with Gasteiger partial charge in [0.25, 0.3) is 0 Å². The lowest BCUT2D eigenvalue weighted by Crippen LogP contribution is -2.22. The van der Waals surface area contributed by atoms with E-state index < -0.39 is 0 Å². The molecule has 5 rings (SSSR count). The summed E-state index contributed by atoms with van der Waals surface area (Å²) < 4.78 is 0. The van der Waals surface area contributed by atoms with Crippen LogP contribution in [0.5, 0.6) is 0 Å². The largest absolute Gasteiger partial charge is 0.300 e. The molecule has 1 fully saturated rings. The van der Waals surface area contributed by atoms with Crippen LogP contribution < -0.4 is 0 Å². The Hall–Kier alpha value is -2.93. The highest BCUT2D eigenvalue weighted by Crippen LogP contribution is 2.59. The minimum Gasteiger partial charge on any atom is -0.300 e. The first kappa shape index (κ1) is 15.3. The molecule has 0 amide bonds. The van der Waals surface area contributed by atoms with E-state index in [-0.39, 0.29) is 5.41 Å². The standard InChI is InChI=1S/C25H20O/c26-20-15-16-25(17-20)22-14-8-7-13-21(22)23(18-9-3-1-4-10-18)24(25)19-11-5-2-6-12-19/h1-14H,15-17H2. The van der Waals surface area contributed by atoms with E-state index in [1.54, 1.807) is 0 Å². The predicted octanol–water partition coefficient (Wildman–Crippen LogP) is 5.65. The molecule has 1 heteroatoms. The Kier molecular flexibility index (Phi) is 3.43. The van der Waals surface area contributed by atoms with Crippen LogP contribution in [0, 0.1) is 0 Å². The monoisotopic (exact) mass is 336 g/mol. The Balaban J connectivity index is 1.88. The molecule has 0 saturated heterocycles. The summed E-state index contributed by atoms with van der Waals surface area (Å²) in [4.78, 5) is 12.4. The SMILES string of the molecule is O=C1CCC2(C1)C(c1ccccc1)=C(c1ccccc1)c1ccccc12. The highest BCUT2D eigenvalue weighted by atomic mass is 16.1. The molecule has 2 aliphatic rings. The first-order chi connectivity index (χ1) is 12.8. The number of ketones is 1. The van der Waals surface area contributed by atoms with Gasteiger partial charge >= 0.3 is 0 Å². The number of fused-ring (bicyclic) bond motifs is 2. The summed E-state index contributed by atoms with van der Waals surface area (Å²) >= 11 is 0. The van der Waals surface area contributed by atoms with Crippen LogP contribution in [0.1, 0.15) is 41.5 Å². The molecule has 0 aromatic heterocycles. The second-order valence-corrected chi connectivity index (χ2v) is 7.33. The van der Waals surface area contributed by atoms with E-state index in [0.29, 0.717) is 18.6 Å². The number of rotatable bonds is 2. The Morgan fingerprint density at radius 1 is 0.692 bits per heavy atom. The molecule has 1 unspecified atom stereocenters. The molecule has 1 atom stereocenters. The van der Waals surface area contributed by atoms with Crippen LogP contribution in [-0.2, 0) is 10.2 Å². The third-order valence-corrected chi connectivity index (χ3v) is 5.90. The van der Waals surface area contributed by atoms with Crippen molar-refractivity contribution in [3.05, 3.63) is 107 Å². The van der Waals surface area contributed by atoms with Gasteiger partial charge in [-0.1, -0.05) is 84.9 Å². The lowest BCUT2D eigenvalue weighted by atomic mass is 9.73. The molecule has 2 aliphatic carbocycles. The number of hydrogen-bond donors (Lipinski definition) is 0. The Bertz CT molecular complexity index is 1010. The molecule has 0 aliphatic heterocycles. The lowest BCUT2D eigenvalue weighted by Gasteiger charge is -2.29. The summed E-state index contributed by atoms with van der Waals surface area (Å²) in [6.45, 7) is 0. The lowest BCUT2D eigenvalue weighted by molar-refractivity contribution is -0.117. The van der Waals surface area contributed by atoms with Gasteiger partial charge in [0.2, 0.25) is 0 Å². The van der Waals surface area contributed by atoms with Crippen molar-refractivity contribution in [2.45, 2.75) is 24.7 Å². The molecule has 3 aromatic rings. The molecule has 0 N–H and O–H groups in total. The van der Waals surface area contributed by atoms with Gasteiger partial charge in [-0.15, -0.1) is 0 Å². The number of carbonyl (C=O) groups is 1. The molecular weight excluding hydrogens is 316 g/mol. The number of Topliss-reactive ketones (excluding diaryl/α,β-unsaturated/α-hetero) is 1. The van der Waals surface area contributed by atoms with Crippen LogP contribution in [0.3, 0.4) is 0 Å². The van der Waals surface area contributed by atoms with Crippen LogP contribution in [0.2, 0.25) is 0 Å². The number of benzene rings is 3. The van der Waals surface area contributed by atoms with E-state index >= 15 is 0 Å². The van der Waals surface area contributed by atoms with Crippen molar-refractivity contribution >= 4 is 16.9 Å². The van der Waals surface area contributed by atoms with Crippen molar-refractivity contribution in [3.63, 3.8) is 0 Å². The van der Waals surface area contributed by atoms with Gasteiger partial charge in [-0.25, -0.2) is 0 Å².